The van der Waals surface area contributed by atoms with Crippen molar-refractivity contribution in [1.29, 1.82) is 0 Å². The molecule has 6 N–H and O–H groups in total. The Balaban J connectivity index is 2.63. The number of carbonyl (C=O) groups excluding carboxylic acids is 2. The molecule has 0 aliphatic carbocycles. The zero-order valence-corrected chi connectivity index (χ0v) is 54.5. The maximum atomic E-state index is 13.5. The maximum absolute atomic E-state index is 13.5. The number of carbonyl (C=O) groups is 2. The molecule has 11 heteroatoms. The van der Waals surface area contributed by atoms with E-state index in [2.05, 4.69) is 111 Å². The number of aliphatic hydroxyl groups excluding tert-OH is 5. The van der Waals surface area contributed by atoms with E-state index in [0.29, 0.717) is 12.8 Å². The number of ether oxygens (including phenoxy) is 3. The molecular formula is C74H129NO10. The van der Waals surface area contributed by atoms with Crippen LogP contribution in [0.1, 0.15) is 297 Å². The van der Waals surface area contributed by atoms with Crippen molar-refractivity contribution in [2.24, 2.45) is 0 Å². The Bertz CT molecular complexity index is 1750. The summed E-state index contributed by atoms with van der Waals surface area (Å²) in [4.78, 5) is 26.7. The number of amides is 1. The molecule has 0 aromatic heterocycles. The normalized spacial score (nSPS) is 19.0. The first-order valence-electron chi connectivity index (χ1n) is 35.0. The number of esters is 1. The molecule has 8 unspecified atom stereocenters. The number of allylic oxidation sites excluding steroid dienone is 15. The molecule has 1 amide bonds. The molecule has 1 fully saturated rings. The molecule has 85 heavy (non-hydrogen) atoms. The van der Waals surface area contributed by atoms with Crippen LogP contribution in [0, 0.1) is 0 Å². The Kier molecular flexibility index (Phi) is 57.0. The van der Waals surface area contributed by atoms with Gasteiger partial charge < -0.3 is 45.1 Å². The molecule has 8 atom stereocenters. The summed E-state index contributed by atoms with van der Waals surface area (Å²) < 4.78 is 17.7. The fraction of sp³-hybridized carbons (Fsp3) is 0.757. The Hall–Kier alpha value is -3.42. The van der Waals surface area contributed by atoms with Gasteiger partial charge in [-0.3, -0.25) is 9.59 Å². The summed E-state index contributed by atoms with van der Waals surface area (Å²) >= 11 is 0. The third-order valence-electron chi connectivity index (χ3n) is 16.0. The standard InChI is InChI=1S/C74H129NO10/c1-4-7-10-13-16-19-22-25-27-29-31-33-34-35-37-39-41-44-47-50-53-56-59-62-69(79)85-72-71(81)70(80)68(63-76)84-74(72)83-64-65(66(77)60-57-54-51-48-45-42-24-21-18-15-12-9-6-3)75-73(82)67(78)61-58-55-52-49-46-43-40-38-36-32-30-28-26-23-20-17-14-11-8-5-2/h16-17,19-20,25-28,31-33,35-37,57,60,65-68,70-72,74,76-78,80-81H,4-15,18,21-24,29-30,34,38-56,58-59,61-64H2,1-3H3,(H,75,82)/b19-16-,20-17-,27-25-,28-26-,33-31-,36-32-,37-35-,60-57+. The lowest BCUT2D eigenvalue weighted by atomic mass is 9.99. The van der Waals surface area contributed by atoms with E-state index < -0.39 is 67.4 Å². The Labute approximate surface area is 520 Å². The molecule has 0 bridgehead atoms. The van der Waals surface area contributed by atoms with E-state index in [4.69, 9.17) is 14.2 Å². The fourth-order valence-electron chi connectivity index (χ4n) is 10.4. The molecule has 0 aromatic carbocycles. The van der Waals surface area contributed by atoms with Crippen LogP contribution in [0.4, 0.5) is 0 Å². The van der Waals surface area contributed by atoms with Crippen molar-refractivity contribution in [2.75, 3.05) is 13.2 Å². The summed E-state index contributed by atoms with van der Waals surface area (Å²) in [5.74, 6) is -1.21. The summed E-state index contributed by atoms with van der Waals surface area (Å²) in [6.45, 7) is 5.75. The predicted molar refractivity (Wildman–Crippen MR) is 356 cm³/mol. The lowest BCUT2D eigenvalue weighted by Crippen LogP contribution is -2.61. The number of rotatable bonds is 59. The van der Waals surface area contributed by atoms with Crippen LogP contribution in [0.5, 0.6) is 0 Å². The van der Waals surface area contributed by atoms with Gasteiger partial charge in [0.05, 0.1) is 25.4 Å². The Morgan fingerprint density at radius 3 is 1.24 bits per heavy atom. The van der Waals surface area contributed by atoms with E-state index >= 15 is 0 Å². The van der Waals surface area contributed by atoms with Crippen LogP contribution in [0.3, 0.4) is 0 Å². The van der Waals surface area contributed by atoms with Crippen molar-refractivity contribution in [1.82, 2.24) is 5.32 Å². The third-order valence-corrected chi connectivity index (χ3v) is 16.0. The second kappa shape index (κ2) is 60.8. The number of aliphatic hydroxyl groups is 5. The van der Waals surface area contributed by atoms with Gasteiger partial charge in [0.15, 0.2) is 12.4 Å². The van der Waals surface area contributed by atoms with Crippen LogP contribution in [-0.4, -0.2) is 99.6 Å². The second-order valence-corrected chi connectivity index (χ2v) is 23.9. The zero-order chi connectivity index (χ0) is 61.7. The topological polar surface area (TPSA) is 175 Å². The highest BCUT2D eigenvalue weighted by molar-refractivity contribution is 5.80. The first-order valence-corrected chi connectivity index (χ1v) is 35.0. The second-order valence-electron chi connectivity index (χ2n) is 23.9. The average Bonchev–Trinajstić information content (AvgIpc) is 2.49. The summed E-state index contributed by atoms with van der Waals surface area (Å²) in [6.07, 6.45) is 71.4. The third kappa shape index (κ3) is 48.2. The predicted octanol–water partition coefficient (Wildman–Crippen LogP) is 17.8. The Morgan fingerprint density at radius 1 is 0.459 bits per heavy atom. The molecule has 0 saturated carbocycles. The highest BCUT2D eigenvalue weighted by atomic mass is 16.7. The molecule has 0 radical (unpaired) electrons. The van der Waals surface area contributed by atoms with Crippen molar-refractivity contribution in [3.63, 3.8) is 0 Å². The van der Waals surface area contributed by atoms with Crippen molar-refractivity contribution in [2.45, 2.75) is 346 Å². The van der Waals surface area contributed by atoms with Gasteiger partial charge in [-0.2, -0.15) is 0 Å². The minimum absolute atomic E-state index is 0.106. The summed E-state index contributed by atoms with van der Waals surface area (Å²) in [5, 5.41) is 57.2. The maximum Gasteiger partial charge on any atom is 0.306 e. The van der Waals surface area contributed by atoms with E-state index in [1.54, 1.807) is 6.08 Å². The Morgan fingerprint density at radius 2 is 0.812 bits per heavy atom. The number of nitrogens with one attached hydrogen (secondary N) is 1. The highest BCUT2D eigenvalue weighted by Gasteiger charge is 2.47. The molecule has 1 aliphatic heterocycles. The van der Waals surface area contributed by atoms with Crippen LogP contribution in [-0.2, 0) is 23.8 Å². The molecule has 0 spiro atoms. The molecule has 11 nitrogen and oxygen atoms in total. The van der Waals surface area contributed by atoms with Gasteiger partial charge in [-0.15, -0.1) is 0 Å². The van der Waals surface area contributed by atoms with Gasteiger partial charge in [-0.25, -0.2) is 0 Å². The highest BCUT2D eigenvalue weighted by Crippen LogP contribution is 2.26. The van der Waals surface area contributed by atoms with Gasteiger partial charge in [-0.05, 0) is 109 Å². The zero-order valence-electron chi connectivity index (χ0n) is 54.5. The summed E-state index contributed by atoms with van der Waals surface area (Å²) in [5.41, 5.74) is 0. The minimum Gasteiger partial charge on any atom is -0.454 e. The van der Waals surface area contributed by atoms with E-state index in [1.165, 1.54) is 122 Å². The lowest BCUT2D eigenvalue weighted by molar-refractivity contribution is -0.305. The van der Waals surface area contributed by atoms with Gasteiger partial charge in [0.2, 0.25) is 5.91 Å². The van der Waals surface area contributed by atoms with Crippen LogP contribution in [0.25, 0.3) is 0 Å². The van der Waals surface area contributed by atoms with Gasteiger partial charge in [0.25, 0.3) is 0 Å². The molecular weight excluding hydrogens is 1060 g/mol. The van der Waals surface area contributed by atoms with Crippen molar-refractivity contribution >= 4 is 11.9 Å². The lowest BCUT2D eigenvalue weighted by Gasteiger charge is -2.41. The number of hydrogen-bond acceptors (Lipinski definition) is 10. The van der Waals surface area contributed by atoms with Crippen LogP contribution in [0.2, 0.25) is 0 Å². The molecule has 0 aromatic rings. The molecule has 490 valence electrons. The van der Waals surface area contributed by atoms with Crippen LogP contribution < -0.4 is 5.32 Å². The fourth-order valence-corrected chi connectivity index (χ4v) is 10.4. The number of hydrogen-bond donors (Lipinski definition) is 6. The van der Waals surface area contributed by atoms with Gasteiger partial charge >= 0.3 is 5.97 Å². The quantitative estimate of drug-likeness (QED) is 0.0195. The molecule has 1 aliphatic rings. The first kappa shape index (κ1) is 79.6. The molecule has 1 heterocycles. The summed E-state index contributed by atoms with van der Waals surface area (Å²) in [7, 11) is 0. The van der Waals surface area contributed by atoms with E-state index in [1.807, 2.05) is 6.08 Å². The van der Waals surface area contributed by atoms with Crippen LogP contribution in [0.15, 0.2) is 97.2 Å². The van der Waals surface area contributed by atoms with Crippen molar-refractivity contribution < 1.29 is 49.3 Å². The number of unbranched alkanes of at least 4 members (excludes halogenated alkanes) is 31. The van der Waals surface area contributed by atoms with Crippen molar-refractivity contribution in [3.8, 4) is 0 Å². The minimum atomic E-state index is -1.63. The van der Waals surface area contributed by atoms with E-state index in [9.17, 15) is 35.1 Å². The monoisotopic (exact) mass is 1190 g/mol. The smallest absolute Gasteiger partial charge is 0.306 e. The van der Waals surface area contributed by atoms with Crippen LogP contribution >= 0.6 is 0 Å². The first-order chi connectivity index (χ1) is 41.7. The van der Waals surface area contributed by atoms with E-state index in [-0.39, 0.29) is 19.4 Å². The van der Waals surface area contributed by atoms with Gasteiger partial charge in [-0.1, -0.05) is 279 Å². The SMILES string of the molecule is CCCCC/C=C\C/C=C\C/C=C\C/C=C\CCCCCCCCCC(=O)OC1C(OCC(NC(=O)C(O)CCCCCCCCC/C=C\C/C=C\C/C=C\CCCCC)C(O)/C=C/CCCCCCCCCCCCC)OC(CO)C(O)C1O. The molecule has 1 rings (SSSR count). The molecule has 1 saturated heterocycles. The van der Waals surface area contributed by atoms with E-state index in [0.717, 1.165) is 128 Å². The largest absolute Gasteiger partial charge is 0.454 e. The van der Waals surface area contributed by atoms with Gasteiger partial charge in [0.1, 0.15) is 24.4 Å². The van der Waals surface area contributed by atoms with Gasteiger partial charge in [0, 0.05) is 6.42 Å². The summed E-state index contributed by atoms with van der Waals surface area (Å²) in [6, 6.07) is -1.04. The van der Waals surface area contributed by atoms with Crippen molar-refractivity contribution in [3.05, 3.63) is 97.2 Å². The average molecular weight is 1190 g/mol.